The lowest BCUT2D eigenvalue weighted by molar-refractivity contribution is 0.101. The highest BCUT2D eigenvalue weighted by atomic mass is 35.5. The fourth-order valence-electron chi connectivity index (χ4n) is 1.76. The van der Waals surface area contributed by atoms with Crippen molar-refractivity contribution < 1.29 is 14.3 Å². The highest BCUT2D eigenvalue weighted by molar-refractivity contribution is 7.11. The third kappa shape index (κ3) is 3.22. The summed E-state index contributed by atoms with van der Waals surface area (Å²) in [6.45, 7) is 3.20. The summed E-state index contributed by atoms with van der Waals surface area (Å²) in [6.07, 6.45) is 0. The molecule has 0 spiro atoms. The quantitative estimate of drug-likeness (QED) is 0.873. The number of carbonyl (C=O) groups excluding carboxylic acids is 2. The first-order chi connectivity index (χ1) is 9.93. The number of Topliss-reactive ketones (excluding diaryl/α,β-unsaturated/α-hetero) is 1. The van der Waals surface area contributed by atoms with Crippen molar-refractivity contribution in [3.63, 3.8) is 0 Å². The average Bonchev–Trinajstić information content (AvgIpc) is 2.87. The van der Waals surface area contributed by atoms with Crippen LogP contribution in [-0.4, -0.2) is 23.8 Å². The van der Waals surface area contributed by atoms with Crippen LogP contribution in [0.25, 0.3) is 0 Å². The molecule has 1 aromatic carbocycles. The Morgan fingerprint density at radius 3 is 2.62 bits per heavy atom. The Bertz CT molecular complexity index is 712. The van der Waals surface area contributed by atoms with Gasteiger partial charge in [0.05, 0.1) is 12.8 Å². The molecule has 0 fully saturated rings. The van der Waals surface area contributed by atoms with Crippen molar-refractivity contribution in [3.05, 3.63) is 38.8 Å². The molecule has 2 aromatic rings. The van der Waals surface area contributed by atoms with Gasteiger partial charge in [-0.2, -0.15) is 0 Å². The number of ketones is 1. The molecular formula is C14H13ClN2O3S. The van der Waals surface area contributed by atoms with Crippen LogP contribution in [0.5, 0.6) is 5.75 Å². The van der Waals surface area contributed by atoms with Gasteiger partial charge in [0.15, 0.2) is 10.8 Å². The van der Waals surface area contributed by atoms with E-state index in [2.05, 4.69) is 10.3 Å². The maximum absolute atomic E-state index is 12.2. The Labute approximate surface area is 130 Å². The highest BCUT2D eigenvalue weighted by Crippen LogP contribution is 2.35. The molecule has 0 radical (unpaired) electrons. The molecule has 1 amide bonds. The number of thiazole rings is 1. The van der Waals surface area contributed by atoms with Crippen molar-refractivity contribution >= 4 is 40.3 Å². The number of methoxy groups -OCH3 is 1. The van der Waals surface area contributed by atoms with Crippen LogP contribution in [0.2, 0.25) is 5.02 Å². The fourth-order valence-corrected chi connectivity index (χ4v) is 2.73. The SMILES string of the molecule is COc1ccc(C(C)=O)c(NC(=O)c2nc(C)cs2)c1Cl. The molecular weight excluding hydrogens is 312 g/mol. The minimum absolute atomic E-state index is 0.187. The Morgan fingerprint density at radius 2 is 2.10 bits per heavy atom. The first-order valence-electron chi connectivity index (χ1n) is 6.05. The lowest BCUT2D eigenvalue weighted by Crippen LogP contribution is -2.15. The number of hydrogen-bond acceptors (Lipinski definition) is 5. The lowest BCUT2D eigenvalue weighted by Gasteiger charge is -2.13. The van der Waals surface area contributed by atoms with Gasteiger partial charge in [0.1, 0.15) is 10.8 Å². The summed E-state index contributed by atoms with van der Waals surface area (Å²) >= 11 is 7.41. The standard InChI is InChI=1S/C14H13ClN2O3S/c1-7-6-21-14(16-7)13(19)17-12-9(8(2)18)4-5-10(20-3)11(12)15/h4-6H,1-3H3,(H,17,19). The second-order valence-electron chi connectivity index (χ2n) is 4.31. The lowest BCUT2D eigenvalue weighted by atomic mass is 10.1. The van der Waals surface area contributed by atoms with E-state index >= 15 is 0 Å². The van der Waals surface area contributed by atoms with Gasteiger partial charge >= 0.3 is 0 Å². The van der Waals surface area contributed by atoms with Crippen LogP contribution in [0.4, 0.5) is 5.69 Å². The zero-order valence-corrected chi connectivity index (χ0v) is 13.3. The first kappa shape index (κ1) is 15.5. The molecule has 2 rings (SSSR count). The maximum Gasteiger partial charge on any atom is 0.284 e. The molecule has 0 saturated carbocycles. The number of rotatable bonds is 4. The second kappa shape index (κ2) is 6.24. The monoisotopic (exact) mass is 324 g/mol. The molecule has 0 aliphatic carbocycles. The van der Waals surface area contributed by atoms with Gasteiger partial charge in [-0.15, -0.1) is 11.3 Å². The molecule has 0 saturated heterocycles. The van der Waals surface area contributed by atoms with Crippen LogP contribution >= 0.6 is 22.9 Å². The number of halogens is 1. The molecule has 0 aliphatic heterocycles. The topological polar surface area (TPSA) is 68.3 Å². The number of nitrogens with zero attached hydrogens (tertiary/aromatic N) is 1. The van der Waals surface area contributed by atoms with Crippen molar-refractivity contribution in [1.29, 1.82) is 0 Å². The van der Waals surface area contributed by atoms with Crippen molar-refractivity contribution in [3.8, 4) is 5.75 Å². The summed E-state index contributed by atoms with van der Waals surface area (Å²) in [5.41, 5.74) is 1.32. The number of benzene rings is 1. The number of carbonyl (C=O) groups is 2. The Kier molecular flexibility index (Phi) is 4.59. The van der Waals surface area contributed by atoms with Crippen molar-refractivity contribution in [2.24, 2.45) is 0 Å². The second-order valence-corrected chi connectivity index (χ2v) is 5.54. The van der Waals surface area contributed by atoms with Gasteiger partial charge in [0.2, 0.25) is 0 Å². The number of aromatic nitrogens is 1. The molecule has 7 heteroatoms. The summed E-state index contributed by atoms with van der Waals surface area (Å²) in [6, 6.07) is 3.15. The van der Waals surface area contributed by atoms with E-state index in [4.69, 9.17) is 16.3 Å². The fraction of sp³-hybridized carbons (Fsp3) is 0.214. The Hall–Kier alpha value is -1.92. The molecule has 0 unspecified atom stereocenters. The van der Waals surface area contributed by atoms with E-state index in [0.717, 1.165) is 5.69 Å². The summed E-state index contributed by atoms with van der Waals surface area (Å²) in [7, 11) is 1.46. The van der Waals surface area contributed by atoms with E-state index < -0.39 is 5.91 Å². The van der Waals surface area contributed by atoms with Gasteiger partial charge in [0, 0.05) is 16.6 Å². The zero-order chi connectivity index (χ0) is 15.6. The normalized spacial score (nSPS) is 10.3. The minimum atomic E-state index is -0.411. The molecule has 0 atom stereocenters. The van der Waals surface area contributed by atoms with Crippen LogP contribution < -0.4 is 10.1 Å². The van der Waals surface area contributed by atoms with E-state index in [9.17, 15) is 9.59 Å². The Balaban J connectivity index is 2.42. The van der Waals surface area contributed by atoms with Crippen molar-refractivity contribution in [2.75, 3.05) is 12.4 Å². The van der Waals surface area contributed by atoms with E-state index in [0.29, 0.717) is 16.3 Å². The molecule has 5 nitrogen and oxygen atoms in total. The molecule has 0 aliphatic rings. The number of aryl methyl sites for hydroxylation is 1. The smallest absolute Gasteiger partial charge is 0.284 e. The van der Waals surface area contributed by atoms with Gasteiger partial charge in [-0.05, 0) is 26.0 Å². The zero-order valence-electron chi connectivity index (χ0n) is 11.7. The summed E-state index contributed by atoms with van der Waals surface area (Å²) < 4.78 is 5.10. The van der Waals surface area contributed by atoms with Gasteiger partial charge in [-0.1, -0.05) is 11.6 Å². The molecule has 1 aromatic heterocycles. The molecule has 21 heavy (non-hydrogen) atoms. The van der Waals surface area contributed by atoms with E-state index in [1.807, 2.05) is 0 Å². The average molecular weight is 325 g/mol. The van der Waals surface area contributed by atoms with Crippen molar-refractivity contribution in [1.82, 2.24) is 4.98 Å². The molecule has 0 bridgehead atoms. The molecule has 1 N–H and O–H groups in total. The predicted molar refractivity (Wildman–Crippen MR) is 82.8 cm³/mol. The summed E-state index contributed by atoms with van der Waals surface area (Å²) in [5, 5.41) is 4.91. The summed E-state index contributed by atoms with van der Waals surface area (Å²) in [4.78, 5) is 28.0. The maximum atomic E-state index is 12.2. The summed E-state index contributed by atoms with van der Waals surface area (Å²) in [5.74, 6) is -0.233. The third-order valence-electron chi connectivity index (χ3n) is 2.76. The molecule has 1 heterocycles. The number of anilines is 1. The Morgan fingerprint density at radius 1 is 1.38 bits per heavy atom. The first-order valence-corrected chi connectivity index (χ1v) is 7.30. The number of amides is 1. The van der Waals surface area contributed by atoms with E-state index in [1.54, 1.807) is 24.4 Å². The van der Waals surface area contributed by atoms with Crippen molar-refractivity contribution in [2.45, 2.75) is 13.8 Å². The third-order valence-corrected chi connectivity index (χ3v) is 4.09. The van der Waals surface area contributed by atoms with Gasteiger partial charge < -0.3 is 10.1 Å². The van der Waals surface area contributed by atoms with Crippen LogP contribution in [0.3, 0.4) is 0 Å². The minimum Gasteiger partial charge on any atom is -0.495 e. The van der Waals surface area contributed by atoms with Gasteiger partial charge in [0.25, 0.3) is 5.91 Å². The number of hydrogen-bond donors (Lipinski definition) is 1. The van der Waals surface area contributed by atoms with Crippen LogP contribution in [0.15, 0.2) is 17.5 Å². The highest BCUT2D eigenvalue weighted by Gasteiger charge is 2.19. The van der Waals surface area contributed by atoms with Crippen LogP contribution in [0, 0.1) is 6.92 Å². The van der Waals surface area contributed by atoms with E-state index in [-0.39, 0.29) is 16.5 Å². The van der Waals surface area contributed by atoms with Gasteiger partial charge in [-0.25, -0.2) is 4.98 Å². The molecule has 110 valence electrons. The van der Waals surface area contributed by atoms with Crippen LogP contribution in [0.1, 0.15) is 32.8 Å². The number of ether oxygens (including phenoxy) is 1. The van der Waals surface area contributed by atoms with Gasteiger partial charge in [-0.3, -0.25) is 9.59 Å². The predicted octanol–water partition coefficient (Wildman–Crippen LogP) is 3.57. The largest absolute Gasteiger partial charge is 0.495 e. The van der Waals surface area contributed by atoms with E-state index in [1.165, 1.54) is 25.4 Å². The van der Waals surface area contributed by atoms with Crippen LogP contribution in [-0.2, 0) is 0 Å². The number of nitrogens with one attached hydrogen (secondary N) is 1.